The fraction of sp³-hybridized carbons (Fsp3) is 0.941. The Labute approximate surface area is 130 Å². The molecule has 0 radical (unpaired) electrons. The second-order valence-corrected chi connectivity index (χ2v) is 8.57. The van der Waals surface area contributed by atoms with E-state index in [-0.39, 0.29) is 28.4 Å². The van der Waals surface area contributed by atoms with Crippen LogP contribution in [0.1, 0.15) is 79.6 Å². The molecule has 0 bridgehead atoms. The molecule has 1 aliphatic carbocycles. The fourth-order valence-corrected chi connectivity index (χ4v) is 4.87. The SMILES string of the molecule is CCCCCC(N=C(N)N)C1(C)CC(C)(C)CC(C)(N)C1. The molecule has 0 aliphatic heterocycles. The van der Waals surface area contributed by atoms with E-state index in [0.29, 0.717) is 0 Å². The molecule has 0 aromatic rings. The van der Waals surface area contributed by atoms with Gasteiger partial charge in [0.15, 0.2) is 5.96 Å². The molecule has 0 aromatic carbocycles. The van der Waals surface area contributed by atoms with E-state index in [4.69, 9.17) is 17.2 Å². The average molecular weight is 297 g/mol. The summed E-state index contributed by atoms with van der Waals surface area (Å²) >= 11 is 0. The number of nitrogens with zero attached hydrogens (tertiary/aromatic N) is 1. The van der Waals surface area contributed by atoms with Crippen LogP contribution in [0.4, 0.5) is 0 Å². The van der Waals surface area contributed by atoms with Crippen LogP contribution in [0.15, 0.2) is 4.99 Å². The van der Waals surface area contributed by atoms with E-state index in [0.717, 1.165) is 25.7 Å². The molecule has 1 aliphatic rings. The largest absolute Gasteiger partial charge is 0.370 e. The minimum atomic E-state index is -0.140. The molecule has 124 valence electrons. The van der Waals surface area contributed by atoms with Gasteiger partial charge in [0, 0.05) is 5.54 Å². The Morgan fingerprint density at radius 3 is 2.14 bits per heavy atom. The summed E-state index contributed by atoms with van der Waals surface area (Å²) in [6.45, 7) is 11.3. The van der Waals surface area contributed by atoms with E-state index < -0.39 is 0 Å². The molecule has 0 amide bonds. The van der Waals surface area contributed by atoms with Gasteiger partial charge in [-0.3, -0.25) is 0 Å². The highest BCUT2D eigenvalue weighted by Gasteiger charge is 2.48. The molecule has 3 unspecified atom stereocenters. The maximum Gasteiger partial charge on any atom is 0.186 e. The molecular weight excluding hydrogens is 260 g/mol. The molecule has 0 aromatic heterocycles. The van der Waals surface area contributed by atoms with Crippen molar-refractivity contribution in [3.63, 3.8) is 0 Å². The summed E-state index contributed by atoms with van der Waals surface area (Å²) in [5.74, 6) is 0.208. The van der Waals surface area contributed by atoms with Crippen LogP contribution in [0.5, 0.6) is 0 Å². The van der Waals surface area contributed by atoms with Crippen LogP contribution in [0.2, 0.25) is 0 Å². The van der Waals surface area contributed by atoms with Crippen molar-refractivity contribution in [3.05, 3.63) is 0 Å². The van der Waals surface area contributed by atoms with Gasteiger partial charge in [0.05, 0.1) is 6.04 Å². The molecule has 1 fully saturated rings. The Morgan fingerprint density at radius 1 is 1.05 bits per heavy atom. The number of aliphatic imine (C=N–C) groups is 1. The average Bonchev–Trinajstić information content (AvgIpc) is 2.22. The lowest BCUT2D eigenvalue weighted by molar-refractivity contribution is 0.0237. The molecule has 21 heavy (non-hydrogen) atoms. The van der Waals surface area contributed by atoms with Gasteiger partial charge in [-0.2, -0.15) is 0 Å². The maximum atomic E-state index is 6.54. The van der Waals surface area contributed by atoms with Crippen LogP contribution >= 0.6 is 0 Å². The number of unbranched alkanes of at least 4 members (excludes halogenated alkanes) is 2. The van der Waals surface area contributed by atoms with Crippen molar-refractivity contribution in [1.82, 2.24) is 0 Å². The summed E-state index contributed by atoms with van der Waals surface area (Å²) in [4.78, 5) is 4.59. The zero-order valence-electron chi connectivity index (χ0n) is 14.7. The number of hydrogen-bond acceptors (Lipinski definition) is 2. The monoisotopic (exact) mass is 296 g/mol. The van der Waals surface area contributed by atoms with Crippen LogP contribution in [0, 0.1) is 10.8 Å². The summed E-state index contributed by atoms with van der Waals surface area (Å²) in [5.41, 5.74) is 18.1. The summed E-state index contributed by atoms with van der Waals surface area (Å²) in [7, 11) is 0. The number of guanidine groups is 1. The van der Waals surface area contributed by atoms with Crippen LogP contribution in [0.25, 0.3) is 0 Å². The third-order valence-electron chi connectivity index (χ3n) is 4.76. The smallest absolute Gasteiger partial charge is 0.186 e. The summed E-state index contributed by atoms with van der Waals surface area (Å²) in [6, 6.07) is 0.177. The topological polar surface area (TPSA) is 90.4 Å². The molecular formula is C17H36N4. The van der Waals surface area contributed by atoms with Crippen LogP contribution in [-0.4, -0.2) is 17.5 Å². The first kappa shape index (κ1) is 18.3. The van der Waals surface area contributed by atoms with Gasteiger partial charge >= 0.3 is 0 Å². The second kappa shape index (κ2) is 6.55. The standard InChI is InChI=1S/C17H36N4/c1-6-7-8-9-13(21-14(18)19)16(4)10-15(2,3)11-17(5,20)12-16/h13H,6-12,20H2,1-5H3,(H4,18,19,21). The predicted octanol–water partition coefficient (Wildman–Crippen LogP) is 3.14. The Hall–Kier alpha value is -0.770. The van der Waals surface area contributed by atoms with Crippen molar-refractivity contribution in [2.24, 2.45) is 33.0 Å². The quantitative estimate of drug-likeness (QED) is 0.399. The van der Waals surface area contributed by atoms with Gasteiger partial charge in [-0.05, 0) is 43.4 Å². The van der Waals surface area contributed by atoms with Crippen molar-refractivity contribution >= 4 is 5.96 Å². The molecule has 1 rings (SSSR count). The third-order valence-corrected chi connectivity index (χ3v) is 4.76. The van der Waals surface area contributed by atoms with Crippen LogP contribution < -0.4 is 17.2 Å². The van der Waals surface area contributed by atoms with E-state index in [2.05, 4.69) is 39.6 Å². The van der Waals surface area contributed by atoms with Gasteiger partial charge in [-0.25, -0.2) is 4.99 Å². The van der Waals surface area contributed by atoms with Gasteiger partial charge in [-0.15, -0.1) is 0 Å². The lowest BCUT2D eigenvalue weighted by atomic mass is 9.56. The van der Waals surface area contributed by atoms with E-state index in [1.807, 2.05) is 0 Å². The molecule has 3 atom stereocenters. The minimum Gasteiger partial charge on any atom is -0.370 e. The summed E-state index contributed by atoms with van der Waals surface area (Å²) in [6.07, 6.45) is 7.83. The Bertz CT molecular complexity index is 351. The lowest BCUT2D eigenvalue weighted by Crippen LogP contribution is -2.54. The van der Waals surface area contributed by atoms with Gasteiger partial charge < -0.3 is 17.2 Å². The van der Waals surface area contributed by atoms with Crippen molar-refractivity contribution in [3.8, 4) is 0 Å². The maximum absolute atomic E-state index is 6.54. The molecule has 0 spiro atoms. The first-order chi connectivity index (χ1) is 9.50. The molecule has 1 saturated carbocycles. The molecule has 6 N–H and O–H groups in total. The first-order valence-electron chi connectivity index (χ1n) is 8.37. The molecule has 0 heterocycles. The van der Waals surface area contributed by atoms with Gasteiger partial charge in [0.1, 0.15) is 0 Å². The fourth-order valence-electron chi connectivity index (χ4n) is 4.87. The Balaban J connectivity index is 2.99. The molecule has 0 saturated heterocycles. The van der Waals surface area contributed by atoms with Crippen molar-refractivity contribution in [2.45, 2.75) is 91.1 Å². The van der Waals surface area contributed by atoms with E-state index >= 15 is 0 Å². The number of nitrogens with two attached hydrogens (primary N) is 3. The number of rotatable bonds is 6. The highest BCUT2D eigenvalue weighted by molar-refractivity contribution is 5.75. The minimum absolute atomic E-state index is 0.0724. The van der Waals surface area contributed by atoms with Gasteiger partial charge in [0.25, 0.3) is 0 Å². The normalized spacial score (nSPS) is 33.4. The highest BCUT2D eigenvalue weighted by Crippen LogP contribution is 2.52. The number of hydrogen-bond donors (Lipinski definition) is 3. The highest BCUT2D eigenvalue weighted by atomic mass is 15.0. The van der Waals surface area contributed by atoms with E-state index in [1.54, 1.807) is 0 Å². The van der Waals surface area contributed by atoms with E-state index in [9.17, 15) is 0 Å². The van der Waals surface area contributed by atoms with Gasteiger partial charge in [0.2, 0.25) is 0 Å². The summed E-state index contributed by atoms with van der Waals surface area (Å²) in [5, 5.41) is 0. The van der Waals surface area contributed by atoms with Crippen molar-refractivity contribution in [2.75, 3.05) is 0 Å². The zero-order chi connectivity index (χ0) is 16.3. The van der Waals surface area contributed by atoms with Crippen LogP contribution in [-0.2, 0) is 0 Å². The molecule has 4 heteroatoms. The van der Waals surface area contributed by atoms with Crippen LogP contribution in [0.3, 0.4) is 0 Å². The summed E-state index contributed by atoms with van der Waals surface area (Å²) < 4.78 is 0. The Kier molecular flexibility index (Phi) is 5.70. The zero-order valence-corrected chi connectivity index (χ0v) is 14.7. The second-order valence-electron chi connectivity index (χ2n) is 8.57. The predicted molar refractivity (Wildman–Crippen MR) is 92.1 cm³/mol. The Morgan fingerprint density at radius 2 is 1.67 bits per heavy atom. The van der Waals surface area contributed by atoms with Crippen molar-refractivity contribution < 1.29 is 0 Å². The first-order valence-corrected chi connectivity index (χ1v) is 8.37. The lowest BCUT2D eigenvalue weighted by Gasteiger charge is -2.52. The molecule has 4 nitrogen and oxygen atoms in total. The van der Waals surface area contributed by atoms with Gasteiger partial charge in [-0.1, -0.05) is 47.0 Å². The third kappa shape index (κ3) is 5.50. The van der Waals surface area contributed by atoms with E-state index in [1.165, 1.54) is 19.3 Å². The van der Waals surface area contributed by atoms with Crippen molar-refractivity contribution in [1.29, 1.82) is 0 Å².